The van der Waals surface area contributed by atoms with Gasteiger partial charge in [0.15, 0.2) is 10.5 Å². The van der Waals surface area contributed by atoms with E-state index in [1.807, 2.05) is 24.3 Å². The summed E-state index contributed by atoms with van der Waals surface area (Å²) in [5, 5.41) is 3.39. The monoisotopic (exact) mass is 443 g/mol. The molecule has 8 nitrogen and oxygen atoms in total. The fraction of sp³-hybridized carbons (Fsp3) is 0.455. The van der Waals surface area contributed by atoms with Crippen molar-refractivity contribution >= 4 is 27.7 Å². The maximum absolute atomic E-state index is 11.1. The molecule has 3 rings (SSSR count). The second kappa shape index (κ2) is 11.6. The Bertz CT molecular complexity index is 930. The predicted molar refractivity (Wildman–Crippen MR) is 122 cm³/mol. The summed E-state index contributed by atoms with van der Waals surface area (Å²) in [7, 11) is 0. The zero-order valence-electron chi connectivity index (χ0n) is 18.2. The summed E-state index contributed by atoms with van der Waals surface area (Å²) in [5.41, 5.74) is 0.588. The molecule has 0 radical (unpaired) electrons. The van der Waals surface area contributed by atoms with Gasteiger partial charge in [-0.2, -0.15) is 4.98 Å². The van der Waals surface area contributed by atoms with Crippen molar-refractivity contribution in [2.45, 2.75) is 39.7 Å². The van der Waals surface area contributed by atoms with Crippen molar-refractivity contribution in [1.29, 1.82) is 0 Å². The second-order valence-corrected chi connectivity index (χ2v) is 7.99. The highest BCUT2D eigenvalue weighted by molar-refractivity contribution is 7.19. The van der Waals surface area contributed by atoms with Crippen LogP contribution in [0.3, 0.4) is 0 Å². The molecule has 1 N–H and O–H groups in total. The Morgan fingerprint density at radius 1 is 1.16 bits per heavy atom. The minimum absolute atomic E-state index is 0.0186. The van der Waals surface area contributed by atoms with Crippen LogP contribution in [0.15, 0.2) is 36.7 Å². The van der Waals surface area contributed by atoms with Crippen molar-refractivity contribution in [3.05, 3.63) is 36.7 Å². The number of carbonyl (C=O) groups excluding carboxylic acids is 1. The van der Waals surface area contributed by atoms with Gasteiger partial charge in [-0.15, -0.1) is 0 Å². The Morgan fingerprint density at radius 2 is 1.90 bits per heavy atom. The van der Waals surface area contributed by atoms with Gasteiger partial charge in [0.25, 0.3) is 5.19 Å². The first-order chi connectivity index (χ1) is 15.1. The van der Waals surface area contributed by atoms with Crippen LogP contribution in [-0.2, 0) is 4.79 Å². The lowest BCUT2D eigenvalue weighted by atomic mass is 10.1. The molecular weight excluding hydrogens is 414 g/mol. The summed E-state index contributed by atoms with van der Waals surface area (Å²) < 4.78 is 11.7. The van der Waals surface area contributed by atoms with Crippen LogP contribution < -0.4 is 14.8 Å². The molecule has 0 aliphatic rings. The van der Waals surface area contributed by atoms with E-state index in [9.17, 15) is 4.79 Å². The van der Waals surface area contributed by atoms with Gasteiger partial charge in [-0.3, -0.25) is 9.69 Å². The van der Waals surface area contributed by atoms with Crippen LogP contribution in [0.2, 0.25) is 0 Å². The number of ether oxygens (including phenoxy) is 2. The topological polar surface area (TPSA) is 89.5 Å². The van der Waals surface area contributed by atoms with E-state index in [1.54, 1.807) is 19.3 Å². The maximum atomic E-state index is 11.1. The molecule has 1 atom stereocenters. The Balaban J connectivity index is 1.47. The molecule has 9 heteroatoms. The first kappa shape index (κ1) is 22.9. The predicted octanol–water partition coefficient (Wildman–Crippen LogP) is 3.88. The van der Waals surface area contributed by atoms with Gasteiger partial charge < -0.3 is 14.8 Å². The number of likely N-dealkylation sites (N-methyl/N-ethyl adjacent to an activating group) is 1. The fourth-order valence-electron chi connectivity index (χ4n) is 3.35. The quantitative estimate of drug-likeness (QED) is 0.454. The highest BCUT2D eigenvalue weighted by Gasteiger charge is 2.15. The zero-order chi connectivity index (χ0) is 22.1. The van der Waals surface area contributed by atoms with Crippen LogP contribution >= 0.6 is 11.3 Å². The molecular formula is C22H29N5O3S. The van der Waals surface area contributed by atoms with E-state index in [-0.39, 0.29) is 5.91 Å². The average molecular weight is 444 g/mol. The molecule has 0 unspecified atom stereocenters. The Labute approximate surface area is 186 Å². The van der Waals surface area contributed by atoms with E-state index in [0.717, 1.165) is 36.5 Å². The standard InChI is InChI=1S/C22H29N5O3S/c1-4-17(10-11-23-16(3)28)27(5-2)14-15-29-18-6-8-19(9-7-18)30-22-26-20-21(31-22)25-13-12-24-20/h6-9,12-13,17H,4-5,10-11,14-15H2,1-3H3,(H,23,28)/t17-/m0/s1. The summed E-state index contributed by atoms with van der Waals surface area (Å²) >= 11 is 1.36. The number of rotatable bonds is 12. The SMILES string of the molecule is CC[C@@H](CCNC(C)=O)N(CC)CCOc1ccc(Oc2nc3nccnc3s2)cc1. The van der Waals surface area contributed by atoms with E-state index in [0.29, 0.717) is 35.8 Å². The van der Waals surface area contributed by atoms with Crippen molar-refractivity contribution in [2.24, 2.45) is 0 Å². The largest absolute Gasteiger partial charge is 0.492 e. The molecule has 0 aliphatic carbocycles. The maximum Gasteiger partial charge on any atom is 0.282 e. The third kappa shape index (κ3) is 6.86. The minimum atomic E-state index is 0.0186. The first-order valence-corrected chi connectivity index (χ1v) is 11.4. The smallest absolute Gasteiger partial charge is 0.282 e. The number of amides is 1. The van der Waals surface area contributed by atoms with Gasteiger partial charge in [0, 0.05) is 38.4 Å². The number of hydrogen-bond donors (Lipinski definition) is 1. The van der Waals surface area contributed by atoms with Crippen LogP contribution in [0.25, 0.3) is 10.5 Å². The lowest BCUT2D eigenvalue weighted by Crippen LogP contribution is -2.40. The normalized spacial score (nSPS) is 12.1. The number of aromatic nitrogens is 3. The van der Waals surface area contributed by atoms with Gasteiger partial charge in [-0.1, -0.05) is 25.2 Å². The second-order valence-electron chi connectivity index (χ2n) is 7.05. The van der Waals surface area contributed by atoms with Crippen LogP contribution in [0.4, 0.5) is 0 Å². The highest BCUT2D eigenvalue weighted by Crippen LogP contribution is 2.29. The Morgan fingerprint density at radius 3 is 2.58 bits per heavy atom. The van der Waals surface area contributed by atoms with E-state index in [4.69, 9.17) is 9.47 Å². The number of nitrogens with zero attached hydrogens (tertiary/aromatic N) is 4. The third-order valence-corrected chi connectivity index (χ3v) is 5.78. The third-order valence-electron chi connectivity index (χ3n) is 4.95. The lowest BCUT2D eigenvalue weighted by Gasteiger charge is -2.30. The van der Waals surface area contributed by atoms with E-state index < -0.39 is 0 Å². The summed E-state index contributed by atoms with van der Waals surface area (Å²) in [6.07, 6.45) is 5.23. The van der Waals surface area contributed by atoms with Crippen LogP contribution in [0.5, 0.6) is 16.7 Å². The van der Waals surface area contributed by atoms with E-state index in [2.05, 4.69) is 39.0 Å². The van der Waals surface area contributed by atoms with Crippen molar-refractivity contribution in [3.8, 4) is 16.7 Å². The van der Waals surface area contributed by atoms with Crippen LogP contribution in [-0.4, -0.2) is 58.0 Å². The summed E-state index contributed by atoms with van der Waals surface area (Å²) in [6.45, 7) is 8.96. The summed E-state index contributed by atoms with van der Waals surface area (Å²) in [6, 6.07) is 7.94. The summed E-state index contributed by atoms with van der Waals surface area (Å²) in [4.78, 5) is 27.0. The van der Waals surface area contributed by atoms with Crippen molar-refractivity contribution in [3.63, 3.8) is 0 Å². The number of nitrogens with one attached hydrogen (secondary N) is 1. The molecule has 0 saturated heterocycles. The van der Waals surface area contributed by atoms with Gasteiger partial charge in [-0.05, 0) is 43.7 Å². The van der Waals surface area contributed by atoms with E-state index in [1.165, 1.54) is 11.3 Å². The molecule has 0 fully saturated rings. The van der Waals surface area contributed by atoms with Gasteiger partial charge in [0.2, 0.25) is 5.91 Å². The minimum Gasteiger partial charge on any atom is -0.492 e. The molecule has 1 aromatic carbocycles. The van der Waals surface area contributed by atoms with Gasteiger partial charge in [0.1, 0.15) is 18.1 Å². The van der Waals surface area contributed by atoms with Crippen LogP contribution in [0, 0.1) is 0 Å². The highest BCUT2D eigenvalue weighted by atomic mass is 32.1. The van der Waals surface area contributed by atoms with Crippen molar-refractivity contribution < 1.29 is 14.3 Å². The number of thiazole rings is 1. The molecule has 1 amide bonds. The molecule has 0 aliphatic heterocycles. The zero-order valence-corrected chi connectivity index (χ0v) is 19.0. The molecule has 2 aromatic heterocycles. The molecule has 0 saturated carbocycles. The van der Waals surface area contributed by atoms with Gasteiger partial charge >= 0.3 is 0 Å². The van der Waals surface area contributed by atoms with Gasteiger partial charge in [-0.25, -0.2) is 9.97 Å². The molecule has 31 heavy (non-hydrogen) atoms. The van der Waals surface area contributed by atoms with Crippen LogP contribution in [0.1, 0.15) is 33.6 Å². The van der Waals surface area contributed by atoms with Crippen molar-refractivity contribution in [2.75, 3.05) is 26.2 Å². The Hall–Kier alpha value is -2.78. The van der Waals surface area contributed by atoms with Crippen molar-refractivity contribution in [1.82, 2.24) is 25.2 Å². The average Bonchev–Trinajstić information content (AvgIpc) is 3.18. The molecule has 2 heterocycles. The molecule has 166 valence electrons. The lowest BCUT2D eigenvalue weighted by molar-refractivity contribution is -0.119. The molecule has 0 bridgehead atoms. The number of carbonyl (C=O) groups is 1. The number of benzene rings is 1. The van der Waals surface area contributed by atoms with E-state index >= 15 is 0 Å². The fourth-order valence-corrected chi connectivity index (χ4v) is 4.08. The molecule has 0 spiro atoms. The number of hydrogen-bond acceptors (Lipinski definition) is 8. The van der Waals surface area contributed by atoms with Gasteiger partial charge in [0.05, 0.1) is 0 Å². The Kier molecular flexibility index (Phi) is 8.54. The number of fused-ring (bicyclic) bond motifs is 1. The summed E-state index contributed by atoms with van der Waals surface area (Å²) in [5.74, 6) is 1.50. The molecule has 3 aromatic rings. The first-order valence-electron chi connectivity index (χ1n) is 10.6.